The van der Waals surface area contributed by atoms with Crippen LogP contribution in [0.15, 0.2) is 18.2 Å². The zero-order chi connectivity index (χ0) is 17.7. The Kier molecular flexibility index (Phi) is 6.86. The molecule has 24 heavy (non-hydrogen) atoms. The summed E-state index contributed by atoms with van der Waals surface area (Å²) in [4.78, 5) is 14.1. The molecule has 0 spiro atoms. The van der Waals surface area contributed by atoms with Gasteiger partial charge in [0.05, 0.1) is 0 Å². The first-order valence-electron chi connectivity index (χ1n) is 8.36. The van der Waals surface area contributed by atoms with Crippen LogP contribution in [0.25, 0.3) is 0 Å². The molecule has 0 radical (unpaired) electrons. The van der Waals surface area contributed by atoms with Gasteiger partial charge in [-0.3, -0.25) is 4.90 Å². The number of hydrogen-bond acceptors (Lipinski definition) is 3. The third-order valence-corrected chi connectivity index (χ3v) is 4.86. The summed E-state index contributed by atoms with van der Waals surface area (Å²) in [5.41, 5.74) is 0.686. The van der Waals surface area contributed by atoms with Crippen molar-refractivity contribution in [2.75, 3.05) is 19.6 Å². The molecule has 0 unspecified atom stereocenters. The minimum absolute atomic E-state index is 0.161. The van der Waals surface area contributed by atoms with Crippen LogP contribution in [0.1, 0.15) is 39.2 Å². The van der Waals surface area contributed by atoms with E-state index in [2.05, 4.69) is 10.2 Å². The first-order chi connectivity index (χ1) is 11.2. The van der Waals surface area contributed by atoms with Gasteiger partial charge in [0.2, 0.25) is 0 Å². The molecule has 1 aromatic rings. The van der Waals surface area contributed by atoms with Crippen LogP contribution in [0.3, 0.4) is 0 Å². The fraction of sp³-hybridized carbons (Fsp3) is 0.611. The van der Waals surface area contributed by atoms with Crippen molar-refractivity contribution < 1.29 is 13.9 Å². The minimum atomic E-state index is -0.458. The van der Waals surface area contributed by atoms with Gasteiger partial charge in [-0.25, -0.2) is 9.18 Å². The summed E-state index contributed by atoms with van der Waals surface area (Å²) in [5, 5.41) is 2.86. The lowest BCUT2D eigenvalue weighted by molar-refractivity contribution is 0.0509. The smallest absolute Gasteiger partial charge is 0.407 e. The Hall–Kier alpha value is -0.890. The van der Waals surface area contributed by atoms with Crippen LogP contribution in [-0.2, 0) is 11.3 Å². The molecule has 2 rings (SSSR count). The zero-order valence-electron chi connectivity index (χ0n) is 14.6. The summed E-state index contributed by atoms with van der Waals surface area (Å²) < 4.78 is 19.2. The number of alkyl carbamates (subject to hydrolysis) is 1. The van der Waals surface area contributed by atoms with Crippen molar-refractivity contribution in [2.45, 2.75) is 45.8 Å². The molecule has 1 amide bonds. The second-order valence-corrected chi connectivity index (χ2v) is 8.51. The molecule has 1 aromatic carbocycles. The lowest BCUT2D eigenvalue weighted by Gasteiger charge is -2.32. The maximum absolute atomic E-state index is 13.3. The third kappa shape index (κ3) is 6.55. The first-order valence-corrected chi connectivity index (χ1v) is 9.44. The van der Waals surface area contributed by atoms with Crippen LogP contribution in [0.2, 0.25) is 0 Å². The van der Waals surface area contributed by atoms with Crippen molar-refractivity contribution in [3.05, 3.63) is 33.1 Å². The highest BCUT2D eigenvalue weighted by Crippen LogP contribution is 2.20. The van der Waals surface area contributed by atoms with Gasteiger partial charge in [-0.15, -0.1) is 0 Å². The molecule has 0 saturated carbocycles. The van der Waals surface area contributed by atoms with Gasteiger partial charge in [0.15, 0.2) is 0 Å². The fourth-order valence-electron chi connectivity index (χ4n) is 2.79. The van der Waals surface area contributed by atoms with Gasteiger partial charge in [-0.2, -0.15) is 0 Å². The maximum atomic E-state index is 13.3. The van der Waals surface area contributed by atoms with Crippen molar-refractivity contribution in [3.8, 4) is 0 Å². The number of carbonyl (C=O) groups is 1. The molecule has 1 aliphatic rings. The Bertz CT molecular complexity index is 567. The molecule has 1 heterocycles. The molecule has 0 bridgehead atoms. The van der Waals surface area contributed by atoms with Gasteiger partial charge in [0.25, 0.3) is 0 Å². The summed E-state index contributed by atoms with van der Waals surface area (Å²) in [7, 11) is 0. The minimum Gasteiger partial charge on any atom is -0.444 e. The van der Waals surface area contributed by atoms with Gasteiger partial charge in [-0.05, 0) is 92.9 Å². The number of nitrogens with zero attached hydrogens (tertiary/aromatic N) is 1. The fourth-order valence-corrected chi connectivity index (χ4v) is 3.37. The molecule has 4 nitrogen and oxygen atoms in total. The number of rotatable bonds is 4. The van der Waals surface area contributed by atoms with Crippen LogP contribution in [-0.4, -0.2) is 36.2 Å². The van der Waals surface area contributed by atoms with Crippen molar-refractivity contribution in [2.24, 2.45) is 5.92 Å². The summed E-state index contributed by atoms with van der Waals surface area (Å²) in [5.74, 6) is 0.327. The SMILES string of the molecule is CC(C)(C)OC(=O)NCC1CCN(Cc2ccc(F)c(I)c2)CC1. The zero-order valence-corrected chi connectivity index (χ0v) is 16.7. The number of likely N-dealkylation sites (tertiary alicyclic amines) is 1. The summed E-state index contributed by atoms with van der Waals surface area (Å²) in [6, 6.07) is 5.30. The van der Waals surface area contributed by atoms with E-state index in [1.807, 2.05) is 55.5 Å². The first kappa shape index (κ1) is 19.4. The number of nitrogens with one attached hydrogen (secondary N) is 1. The van der Waals surface area contributed by atoms with Crippen LogP contribution in [0.4, 0.5) is 9.18 Å². The van der Waals surface area contributed by atoms with E-state index in [0.29, 0.717) is 16.0 Å². The highest BCUT2D eigenvalue weighted by molar-refractivity contribution is 14.1. The number of hydrogen-bond donors (Lipinski definition) is 1. The number of amides is 1. The van der Waals surface area contributed by atoms with Crippen molar-refractivity contribution in [1.29, 1.82) is 0 Å². The molecule has 1 N–H and O–H groups in total. The second-order valence-electron chi connectivity index (χ2n) is 7.35. The Balaban J connectivity index is 1.71. The predicted octanol–water partition coefficient (Wildman–Crippen LogP) is 4.17. The van der Waals surface area contributed by atoms with Gasteiger partial charge in [0, 0.05) is 16.7 Å². The van der Waals surface area contributed by atoms with E-state index in [4.69, 9.17) is 4.74 Å². The lowest BCUT2D eigenvalue weighted by Crippen LogP contribution is -2.40. The molecule has 134 valence electrons. The highest BCUT2D eigenvalue weighted by atomic mass is 127. The largest absolute Gasteiger partial charge is 0.444 e. The molecule has 0 aromatic heterocycles. The van der Waals surface area contributed by atoms with Crippen LogP contribution >= 0.6 is 22.6 Å². The van der Waals surface area contributed by atoms with Gasteiger partial charge in [-0.1, -0.05) is 6.07 Å². The van der Waals surface area contributed by atoms with Gasteiger partial charge >= 0.3 is 6.09 Å². The quantitative estimate of drug-likeness (QED) is 0.704. The number of ether oxygens (including phenoxy) is 1. The van der Waals surface area contributed by atoms with E-state index in [-0.39, 0.29) is 11.9 Å². The van der Waals surface area contributed by atoms with Crippen molar-refractivity contribution in [1.82, 2.24) is 10.2 Å². The lowest BCUT2D eigenvalue weighted by atomic mass is 9.96. The molecular formula is C18H26FIN2O2. The van der Waals surface area contributed by atoms with Crippen LogP contribution in [0.5, 0.6) is 0 Å². The normalized spacial score (nSPS) is 16.9. The molecule has 0 aliphatic carbocycles. The van der Waals surface area contributed by atoms with Gasteiger partial charge in [0.1, 0.15) is 11.4 Å². The Morgan fingerprint density at radius 2 is 2.04 bits per heavy atom. The third-order valence-electron chi connectivity index (χ3n) is 4.03. The molecular weight excluding hydrogens is 422 g/mol. The van der Waals surface area contributed by atoms with Gasteiger partial charge < -0.3 is 10.1 Å². The molecule has 1 saturated heterocycles. The molecule has 0 atom stereocenters. The van der Waals surface area contributed by atoms with Crippen LogP contribution < -0.4 is 5.32 Å². The maximum Gasteiger partial charge on any atom is 0.407 e. The van der Waals surface area contributed by atoms with E-state index >= 15 is 0 Å². The van der Waals surface area contributed by atoms with E-state index in [0.717, 1.165) is 38.0 Å². The number of benzene rings is 1. The Labute approximate surface area is 157 Å². The predicted molar refractivity (Wildman–Crippen MR) is 101 cm³/mol. The second kappa shape index (κ2) is 8.47. The number of carbonyl (C=O) groups excluding carboxylic acids is 1. The molecule has 1 fully saturated rings. The summed E-state index contributed by atoms with van der Waals surface area (Å²) in [6.07, 6.45) is 1.76. The number of piperidine rings is 1. The van der Waals surface area contributed by atoms with Crippen molar-refractivity contribution in [3.63, 3.8) is 0 Å². The van der Waals surface area contributed by atoms with Crippen molar-refractivity contribution >= 4 is 28.7 Å². The van der Waals surface area contributed by atoms with E-state index < -0.39 is 5.60 Å². The summed E-state index contributed by atoms with van der Waals surface area (Å²) >= 11 is 2.03. The van der Waals surface area contributed by atoms with Crippen LogP contribution in [0, 0.1) is 15.3 Å². The number of halogens is 2. The Morgan fingerprint density at radius 1 is 1.38 bits per heavy atom. The Morgan fingerprint density at radius 3 is 2.62 bits per heavy atom. The monoisotopic (exact) mass is 448 g/mol. The van der Waals surface area contributed by atoms with E-state index in [1.165, 1.54) is 6.07 Å². The van der Waals surface area contributed by atoms with E-state index in [9.17, 15) is 9.18 Å². The molecule has 1 aliphatic heterocycles. The van der Waals surface area contributed by atoms with E-state index in [1.54, 1.807) is 0 Å². The molecule has 6 heteroatoms. The summed E-state index contributed by atoms with van der Waals surface area (Å²) in [6.45, 7) is 9.09. The highest BCUT2D eigenvalue weighted by Gasteiger charge is 2.21. The average Bonchev–Trinajstić information content (AvgIpc) is 2.49. The average molecular weight is 448 g/mol. The standard InChI is InChI=1S/C18H26FIN2O2/c1-18(2,3)24-17(23)21-11-13-6-8-22(9-7-13)12-14-4-5-15(19)16(20)10-14/h4-5,10,13H,6-9,11-12H2,1-3H3,(H,21,23). The topological polar surface area (TPSA) is 41.6 Å².